The van der Waals surface area contributed by atoms with Crippen LogP contribution in [0.15, 0.2) is 81.3 Å². The normalized spacial score (nSPS) is 19.1. The van der Waals surface area contributed by atoms with E-state index in [0.29, 0.717) is 25.9 Å². The summed E-state index contributed by atoms with van der Waals surface area (Å²) < 4.78 is 67.4. The van der Waals surface area contributed by atoms with Gasteiger partial charge in [-0.25, -0.2) is 0 Å². The van der Waals surface area contributed by atoms with Crippen molar-refractivity contribution in [2.75, 3.05) is 23.0 Å². The lowest BCUT2D eigenvalue weighted by molar-refractivity contribution is -0.668. The second-order valence-electron chi connectivity index (χ2n) is 11.9. The standard InChI is InChI=1S/C31H36N2O6S4/c1-22-23(18-29-32(14-8-16-42(34,35)36)25-10-4-6-12-27(25)40-29)20-31(2,3)21-24(22)19-30-33(15-9-17-43(37,38)39)26-11-5-7-13-28(26)41-30/h4-7,10-13,18-19H,8-9,14-17,20-21H2,1-3H3,(H-,34,35,36,37,38,39)/p+1. The van der Waals surface area contributed by atoms with Crippen LogP contribution in [0, 0.1) is 5.41 Å². The van der Waals surface area contributed by atoms with E-state index in [-0.39, 0.29) is 16.9 Å². The zero-order valence-corrected chi connectivity index (χ0v) is 27.8. The van der Waals surface area contributed by atoms with Crippen molar-refractivity contribution in [3.05, 3.63) is 81.4 Å². The molecule has 0 fully saturated rings. The number of hydrogen-bond donors (Lipinski definition) is 2. The lowest BCUT2D eigenvalue weighted by Crippen LogP contribution is -2.36. The van der Waals surface area contributed by atoms with E-state index in [1.165, 1.54) is 16.7 Å². The molecule has 2 aromatic carbocycles. The summed E-state index contributed by atoms with van der Waals surface area (Å²) in [7, 11) is -8.08. The Hall–Kier alpha value is -2.48. The lowest BCUT2D eigenvalue weighted by Gasteiger charge is -2.33. The SMILES string of the molecule is CC1=C(C=C2Sc3ccccc3N2CCCS(=O)(=O)O)CC(C)(C)CC1=Cc1sc2ccccc2[n+]1CCCS(=O)(=O)O. The van der Waals surface area contributed by atoms with E-state index in [4.69, 9.17) is 0 Å². The first kappa shape index (κ1) is 31.9. The average molecular weight is 662 g/mol. The summed E-state index contributed by atoms with van der Waals surface area (Å²) in [6.07, 6.45) is 6.85. The zero-order chi connectivity index (χ0) is 31.0. The smallest absolute Gasteiger partial charge is 0.265 e. The molecule has 43 heavy (non-hydrogen) atoms. The molecule has 2 heterocycles. The highest BCUT2D eigenvalue weighted by atomic mass is 32.2. The van der Waals surface area contributed by atoms with Gasteiger partial charge in [0.25, 0.3) is 25.2 Å². The Morgan fingerprint density at radius 3 is 2.35 bits per heavy atom. The van der Waals surface area contributed by atoms with Crippen LogP contribution >= 0.6 is 23.1 Å². The number of hydrogen-bond acceptors (Lipinski definition) is 7. The Morgan fingerprint density at radius 1 is 0.930 bits per heavy atom. The monoisotopic (exact) mass is 661 g/mol. The first-order valence-electron chi connectivity index (χ1n) is 14.2. The van der Waals surface area contributed by atoms with Gasteiger partial charge in [-0.15, -0.1) is 0 Å². The summed E-state index contributed by atoms with van der Waals surface area (Å²) >= 11 is 3.34. The number of para-hydroxylation sites is 2. The Bertz CT molecular complexity index is 1850. The van der Waals surface area contributed by atoms with Gasteiger partial charge in [-0.1, -0.05) is 61.2 Å². The van der Waals surface area contributed by atoms with Gasteiger partial charge in [0.1, 0.15) is 4.70 Å². The number of benzene rings is 2. The van der Waals surface area contributed by atoms with Crippen molar-refractivity contribution in [3.63, 3.8) is 0 Å². The molecule has 0 spiro atoms. The molecule has 2 N–H and O–H groups in total. The van der Waals surface area contributed by atoms with Gasteiger partial charge in [0, 0.05) is 30.0 Å². The van der Waals surface area contributed by atoms with Crippen LogP contribution in [0.2, 0.25) is 0 Å². The summed E-state index contributed by atoms with van der Waals surface area (Å²) in [5.74, 6) is -0.574. The minimum absolute atomic E-state index is 0.00384. The number of thioether (sulfide) groups is 1. The van der Waals surface area contributed by atoms with Gasteiger partial charge in [-0.2, -0.15) is 21.4 Å². The van der Waals surface area contributed by atoms with Crippen LogP contribution in [-0.4, -0.2) is 44.0 Å². The molecule has 3 aromatic rings. The highest BCUT2D eigenvalue weighted by Crippen LogP contribution is 2.49. The van der Waals surface area contributed by atoms with Gasteiger partial charge in [-0.3, -0.25) is 9.11 Å². The Kier molecular flexibility index (Phi) is 9.27. The number of thiazole rings is 1. The van der Waals surface area contributed by atoms with Crippen molar-refractivity contribution < 1.29 is 30.5 Å². The van der Waals surface area contributed by atoms with Crippen LogP contribution in [0.1, 0.15) is 51.5 Å². The molecule has 0 amide bonds. The third-order valence-electron chi connectivity index (χ3n) is 7.74. The zero-order valence-electron chi connectivity index (χ0n) is 24.5. The maximum Gasteiger partial charge on any atom is 0.265 e. The van der Waals surface area contributed by atoms with Crippen molar-refractivity contribution >= 4 is 65.3 Å². The van der Waals surface area contributed by atoms with Gasteiger partial charge in [-0.05, 0) is 72.6 Å². The van der Waals surface area contributed by atoms with Gasteiger partial charge >= 0.3 is 0 Å². The molecule has 0 radical (unpaired) electrons. The molecule has 0 bridgehead atoms. The molecule has 12 heteroatoms. The topological polar surface area (TPSA) is 116 Å². The number of allylic oxidation sites excluding steroid dienone is 4. The number of aryl methyl sites for hydroxylation is 1. The second kappa shape index (κ2) is 12.5. The molecular weight excluding hydrogens is 625 g/mol. The molecule has 1 aromatic heterocycles. The predicted molar refractivity (Wildman–Crippen MR) is 176 cm³/mol. The van der Waals surface area contributed by atoms with Crippen molar-refractivity contribution in [2.45, 2.75) is 57.9 Å². The molecule has 0 saturated heterocycles. The number of rotatable bonds is 10. The van der Waals surface area contributed by atoms with Crippen LogP contribution in [0.3, 0.4) is 0 Å². The Balaban J connectivity index is 1.52. The maximum atomic E-state index is 11.4. The molecule has 2 aliphatic rings. The van der Waals surface area contributed by atoms with Gasteiger partial charge < -0.3 is 4.90 Å². The van der Waals surface area contributed by atoms with E-state index in [1.54, 1.807) is 23.1 Å². The third kappa shape index (κ3) is 7.98. The second-order valence-corrected chi connectivity index (χ2v) is 17.1. The minimum Gasteiger partial charge on any atom is -0.335 e. The van der Waals surface area contributed by atoms with Gasteiger partial charge in [0.2, 0.25) is 5.52 Å². The van der Waals surface area contributed by atoms with E-state index in [0.717, 1.165) is 43.7 Å². The number of anilines is 1. The van der Waals surface area contributed by atoms with Gasteiger partial charge in [0.05, 0.1) is 22.2 Å². The molecule has 5 rings (SSSR count). The van der Waals surface area contributed by atoms with E-state index in [2.05, 4.69) is 54.5 Å². The largest absolute Gasteiger partial charge is 0.335 e. The molecular formula is C31H37N2O6S4+. The van der Waals surface area contributed by atoms with Crippen molar-refractivity contribution in [1.29, 1.82) is 0 Å². The average Bonchev–Trinajstić information content (AvgIpc) is 3.42. The van der Waals surface area contributed by atoms with Crippen LogP contribution in [-0.2, 0) is 26.8 Å². The maximum absolute atomic E-state index is 11.4. The highest BCUT2D eigenvalue weighted by Gasteiger charge is 2.32. The molecule has 1 aliphatic carbocycles. The molecule has 230 valence electrons. The Labute approximate surface area is 262 Å². The van der Waals surface area contributed by atoms with Crippen LogP contribution in [0.4, 0.5) is 5.69 Å². The Morgan fingerprint density at radius 2 is 1.60 bits per heavy atom. The summed E-state index contributed by atoms with van der Waals surface area (Å²) in [6, 6.07) is 16.2. The van der Waals surface area contributed by atoms with Crippen LogP contribution in [0.5, 0.6) is 0 Å². The fourth-order valence-electron chi connectivity index (χ4n) is 5.77. The molecule has 0 unspecified atom stereocenters. The first-order valence-corrected chi connectivity index (χ1v) is 19.0. The number of fused-ring (bicyclic) bond motifs is 2. The molecule has 0 saturated carbocycles. The predicted octanol–water partition coefficient (Wildman–Crippen LogP) is 6.72. The first-order chi connectivity index (χ1) is 20.2. The van der Waals surface area contributed by atoms with Crippen molar-refractivity contribution in [3.8, 4) is 0 Å². The summed E-state index contributed by atoms with van der Waals surface area (Å²) in [4.78, 5) is 3.26. The third-order valence-corrected chi connectivity index (χ3v) is 11.6. The van der Waals surface area contributed by atoms with E-state index < -0.39 is 20.2 Å². The molecule has 8 nitrogen and oxygen atoms in total. The van der Waals surface area contributed by atoms with Crippen molar-refractivity contribution in [2.24, 2.45) is 5.41 Å². The fourth-order valence-corrected chi connectivity index (χ4v) is 9.07. The number of nitrogens with zero attached hydrogens (tertiary/aromatic N) is 2. The van der Waals surface area contributed by atoms with Gasteiger partial charge in [0.15, 0.2) is 6.54 Å². The van der Waals surface area contributed by atoms with E-state index >= 15 is 0 Å². The van der Waals surface area contributed by atoms with Crippen LogP contribution < -0.4 is 9.47 Å². The van der Waals surface area contributed by atoms with Crippen molar-refractivity contribution in [1.82, 2.24) is 0 Å². The summed E-state index contributed by atoms with van der Waals surface area (Å²) in [5, 5.41) is 2.06. The highest BCUT2D eigenvalue weighted by molar-refractivity contribution is 8.03. The van der Waals surface area contributed by atoms with Crippen LogP contribution in [0.25, 0.3) is 16.3 Å². The summed E-state index contributed by atoms with van der Waals surface area (Å²) in [5.41, 5.74) is 5.70. The molecule has 0 atom stereocenters. The number of aromatic nitrogens is 1. The lowest BCUT2D eigenvalue weighted by atomic mass is 9.72. The quantitative estimate of drug-likeness (QED) is 0.182. The fraction of sp³-hybridized carbons (Fsp3) is 0.387. The summed E-state index contributed by atoms with van der Waals surface area (Å²) in [6.45, 7) is 7.62. The minimum atomic E-state index is -4.04. The van der Waals surface area contributed by atoms with E-state index in [9.17, 15) is 25.9 Å². The van der Waals surface area contributed by atoms with E-state index in [1.807, 2.05) is 36.4 Å². The molecule has 1 aliphatic heterocycles.